The number of hydrogen-bond donors (Lipinski definition) is 3. The van der Waals surface area contributed by atoms with Crippen molar-refractivity contribution in [1.82, 2.24) is 15.4 Å². The van der Waals surface area contributed by atoms with Crippen LogP contribution in [0.15, 0.2) is 52.6 Å². The maximum Gasteiger partial charge on any atom is 0.412 e. The van der Waals surface area contributed by atoms with E-state index in [0.717, 1.165) is 29.5 Å². The molecule has 0 radical (unpaired) electrons. The number of halogens is 3. The standard InChI is InChI=1S/C34H47F3N4O3/c1-5-27-16-18-29(42)21-25(15-14-24-10-7-8-12-26(13-9-11-24)34(35,36)37)33(44)32(38-27)31(43)20-22(3)23(4)30-19-17-28(6-2)39-41-40-30/h9-11,13,17,19,22-23,25,27,39-41H,5-8,12,14-16,18,20-21H2,1-4H3/b11-9?,24-10?,26-13+,38-32?. The maximum atomic E-state index is 13.9. The first-order valence-electron chi connectivity index (χ1n) is 15.9. The van der Waals surface area contributed by atoms with Crippen molar-refractivity contribution in [3.8, 4) is 0 Å². The molecule has 4 unspecified atom stereocenters. The van der Waals surface area contributed by atoms with Crippen LogP contribution in [0.4, 0.5) is 13.2 Å². The Balaban J connectivity index is 1.80. The lowest BCUT2D eigenvalue weighted by molar-refractivity contribution is -0.125. The number of alkyl halides is 3. The fraction of sp³-hybridized carbons (Fsp3) is 0.588. The van der Waals surface area contributed by atoms with Gasteiger partial charge in [0.1, 0.15) is 11.5 Å². The lowest BCUT2D eigenvalue weighted by Crippen LogP contribution is -2.33. The molecule has 2 heterocycles. The van der Waals surface area contributed by atoms with Gasteiger partial charge in [0.25, 0.3) is 0 Å². The highest BCUT2D eigenvalue weighted by Gasteiger charge is 2.34. The summed E-state index contributed by atoms with van der Waals surface area (Å²) < 4.78 is 39.7. The molecule has 242 valence electrons. The average Bonchev–Trinajstić information content (AvgIpc) is 3.12. The minimum atomic E-state index is -4.36. The molecule has 7 nitrogen and oxygen atoms in total. The summed E-state index contributed by atoms with van der Waals surface area (Å²) in [5, 5.41) is 9.19. The van der Waals surface area contributed by atoms with Gasteiger partial charge in [-0.1, -0.05) is 57.6 Å². The van der Waals surface area contributed by atoms with E-state index >= 15 is 0 Å². The van der Waals surface area contributed by atoms with Crippen LogP contribution >= 0.6 is 0 Å². The minimum Gasteiger partial charge on any atom is -0.300 e. The Kier molecular flexibility index (Phi) is 13.2. The number of carbonyl (C=O) groups is 3. The van der Waals surface area contributed by atoms with E-state index in [4.69, 9.17) is 0 Å². The van der Waals surface area contributed by atoms with Crippen LogP contribution in [0.25, 0.3) is 0 Å². The smallest absolute Gasteiger partial charge is 0.300 e. The third-order valence-electron chi connectivity index (χ3n) is 8.82. The molecule has 0 saturated carbocycles. The molecule has 0 fully saturated rings. The van der Waals surface area contributed by atoms with Gasteiger partial charge in [-0.2, -0.15) is 13.2 Å². The van der Waals surface area contributed by atoms with Gasteiger partial charge in [-0.3, -0.25) is 29.6 Å². The summed E-state index contributed by atoms with van der Waals surface area (Å²) in [6.45, 7) is 7.97. The Morgan fingerprint density at radius 1 is 1.11 bits per heavy atom. The second kappa shape index (κ2) is 16.6. The number of nitrogens with zero attached hydrogens (tertiary/aromatic N) is 1. The third kappa shape index (κ3) is 10.3. The molecule has 2 aliphatic rings. The maximum absolute atomic E-state index is 13.9. The zero-order valence-electron chi connectivity index (χ0n) is 26.4. The van der Waals surface area contributed by atoms with Gasteiger partial charge in [0.15, 0.2) is 11.6 Å². The summed E-state index contributed by atoms with van der Waals surface area (Å²) in [5.74, 6) is -1.59. The van der Waals surface area contributed by atoms with E-state index in [1.807, 2.05) is 45.9 Å². The van der Waals surface area contributed by atoms with Crippen LogP contribution < -0.4 is 0 Å². The zero-order valence-corrected chi connectivity index (χ0v) is 26.4. The second-order valence-electron chi connectivity index (χ2n) is 12.1. The highest BCUT2D eigenvalue weighted by atomic mass is 19.4. The molecule has 1 aliphatic heterocycles. The van der Waals surface area contributed by atoms with Crippen molar-refractivity contribution >= 4 is 23.1 Å². The summed E-state index contributed by atoms with van der Waals surface area (Å²) in [6, 6.07) is 3.68. The zero-order chi connectivity index (χ0) is 32.3. The number of rotatable bonds is 10. The molecule has 1 aliphatic carbocycles. The van der Waals surface area contributed by atoms with Crippen LogP contribution in [-0.4, -0.2) is 50.7 Å². The topological polar surface area (TPSA) is 111 Å². The molecular formula is C34H47F3N4O3. The normalized spacial score (nSPS) is 22.9. The predicted octanol–water partition coefficient (Wildman–Crippen LogP) is 8.15. The van der Waals surface area contributed by atoms with Crippen molar-refractivity contribution in [2.75, 3.05) is 0 Å². The molecule has 44 heavy (non-hydrogen) atoms. The van der Waals surface area contributed by atoms with Crippen LogP contribution in [0.3, 0.4) is 0 Å². The van der Waals surface area contributed by atoms with Crippen LogP contribution in [-0.2, 0) is 20.8 Å². The van der Waals surface area contributed by atoms with Crippen LogP contribution in [0.5, 0.6) is 0 Å². The monoisotopic (exact) mass is 616 g/mol. The van der Waals surface area contributed by atoms with Crippen LogP contribution in [0.1, 0.15) is 109 Å². The number of carbonyl (C=O) groups excluding carboxylic acids is 3. The lowest BCUT2D eigenvalue weighted by atomic mass is 9.83. The van der Waals surface area contributed by atoms with Crippen LogP contribution in [0, 0.1) is 11.8 Å². The first kappa shape index (κ1) is 35.1. The van der Waals surface area contributed by atoms with Gasteiger partial charge in [0, 0.05) is 48.1 Å². The van der Waals surface area contributed by atoms with Crippen molar-refractivity contribution in [3.05, 3.63) is 59.0 Å². The van der Waals surface area contributed by atoms with Gasteiger partial charge in [0.05, 0.1) is 6.04 Å². The molecule has 1 aromatic rings. The number of ketones is 3. The Hall–Kier alpha value is -3.43. The predicted molar refractivity (Wildman–Crippen MR) is 167 cm³/mol. The van der Waals surface area contributed by atoms with E-state index < -0.39 is 23.5 Å². The second-order valence-corrected chi connectivity index (χ2v) is 12.1. The number of aliphatic imine (C=N–C) groups is 1. The average molecular weight is 617 g/mol. The lowest BCUT2D eigenvalue weighted by Gasteiger charge is -2.20. The molecule has 1 aromatic heterocycles. The fourth-order valence-corrected chi connectivity index (χ4v) is 5.62. The van der Waals surface area contributed by atoms with E-state index in [2.05, 4.69) is 20.4 Å². The van der Waals surface area contributed by atoms with Gasteiger partial charge in [-0.05, 0) is 69.4 Å². The van der Waals surface area contributed by atoms with Crippen molar-refractivity contribution in [1.29, 1.82) is 0 Å². The number of aromatic amines is 3. The minimum absolute atomic E-state index is 0.0267. The number of H-pyrrole nitrogens is 3. The molecule has 3 rings (SSSR count). The molecule has 0 aromatic carbocycles. The summed E-state index contributed by atoms with van der Waals surface area (Å²) in [5.41, 5.74) is 2.13. The highest BCUT2D eigenvalue weighted by molar-refractivity contribution is 6.66. The van der Waals surface area contributed by atoms with Gasteiger partial charge in [-0.25, -0.2) is 5.21 Å². The van der Waals surface area contributed by atoms with E-state index in [1.165, 1.54) is 6.08 Å². The quantitative estimate of drug-likeness (QED) is 0.247. The first-order valence-corrected chi connectivity index (χ1v) is 15.9. The van der Waals surface area contributed by atoms with Gasteiger partial charge < -0.3 is 0 Å². The van der Waals surface area contributed by atoms with Crippen molar-refractivity contribution in [2.45, 2.75) is 116 Å². The molecule has 0 amide bonds. The Morgan fingerprint density at radius 2 is 1.89 bits per heavy atom. The number of aryl methyl sites for hydroxylation is 1. The van der Waals surface area contributed by atoms with Gasteiger partial charge in [0.2, 0.25) is 0 Å². The SMILES string of the molecule is CCc1ccc(C(C)C(C)CC(=O)C2=NC(CC)CCC(=O)CC(CCC3=CCCC/C(C(F)(F)F)=C\C=C3)C2=O)[nH][nH][nH]1. The van der Waals surface area contributed by atoms with Crippen molar-refractivity contribution in [3.63, 3.8) is 0 Å². The fourth-order valence-electron chi connectivity index (χ4n) is 5.62. The number of Topliss-reactive ketones (excluding diaryl/α,β-unsaturated/α-hetero) is 3. The molecule has 0 saturated heterocycles. The van der Waals surface area contributed by atoms with Crippen LogP contribution in [0.2, 0.25) is 0 Å². The summed E-state index contributed by atoms with van der Waals surface area (Å²) in [6.07, 6.45) is 5.61. The molecular weight excluding hydrogens is 569 g/mol. The molecule has 0 bridgehead atoms. The third-order valence-corrected chi connectivity index (χ3v) is 8.82. The highest BCUT2D eigenvalue weighted by Crippen LogP contribution is 2.31. The van der Waals surface area contributed by atoms with Gasteiger partial charge in [-0.15, -0.1) is 0 Å². The Bertz CT molecular complexity index is 1320. The Labute approximate surface area is 258 Å². The van der Waals surface area contributed by atoms with Crippen molar-refractivity contribution < 1.29 is 27.6 Å². The van der Waals surface area contributed by atoms with E-state index in [0.29, 0.717) is 44.9 Å². The number of aromatic nitrogens is 3. The number of nitrogens with one attached hydrogen (secondary N) is 3. The van der Waals surface area contributed by atoms with Gasteiger partial charge >= 0.3 is 6.18 Å². The van der Waals surface area contributed by atoms with E-state index in [-0.39, 0.29) is 54.4 Å². The largest absolute Gasteiger partial charge is 0.412 e. The summed E-state index contributed by atoms with van der Waals surface area (Å²) in [4.78, 5) is 45.2. The Morgan fingerprint density at radius 3 is 2.59 bits per heavy atom. The number of allylic oxidation sites excluding steroid dienone is 6. The molecule has 0 spiro atoms. The molecule has 3 N–H and O–H groups in total. The summed E-state index contributed by atoms with van der Waals surface area (Å²) >= 11 is 0. The number of hydrogen-bond acceptors (Lipinski definition) is 4. The first-order chi connectivity index (χ1) is 20.9. The molecule has 4 atom stereocenters. The van der Waals surface area contributed by atoms with E-state index in [9.17, 15) is 27.6 Å². The molecule has 10 heteroatoms. The van der Waals surface area contributed by atoms with E-state index in [1.54, 1.807) is 6.08 Å². The summed E-state index contributed by atoms with van der Waals surface area (Å²) in [7, 11) is 0. The van der Waals surface area contributed by atoms with Crippen molar-refractivity contribution in [2.24, 2.45) is 16.8 Å².